The van der Waals surface area contributed by atoms with Crippen molar-refractivity contribution >= 4 is 11.6 Å². The summed E-state index contributed by atoms with van der Waals surface area (Å²) in [6.07, 6.45) is 5.05. The van der Waals surface area contributed by atoms with Crippen LogP contribution in [0.2, 0.25) is 0 Å². The van der Waals surface area contributed by atoms with Gasteiger partial charge in [0.15, 0.2) is 11.6 Å². The maximum Gasteiger partial charge on any atom is 0.203 e. The molecule has 2 rings (SSSR count). The van der Waals surface area contributed by atoms with Crippen LogP contribution in [0.3, 0.4) is 0 Å². The SMILES string of the molecule is COc1c(N)ncnc1NC1CCC(C)C(C)C1. The molecule has 3 unspecified atom stereocenters. The molecule has 0 saturated heterocycles. The highest BCUT2D eigenvalue weighted by molar-refractivity contribution is 5.61. The van der Waals surface area contributed by atoms with Crippen molar-refractivity contribution in [1.29, 1.82) is 0 Å². The lowest BCUT2D eigenvalue weighted by Gasteiger charge is -2.33. The molecule has 0 aliphatic heterocycles. The van der Waals surface area contributed by atoms with Crippen molar-refractivity contribution < 1.29 is 4.74 Å². The normalized spacial score (nSPS) is 27.8. The number of ether oxygens (including phenoxy) is 1. The Morgan fingerprint density at radius 2 is 2.06 bits per heavy atom. The molecular formula is C13H22N4O. The van der Waals surface area contributed by atoms with Crippen molar-refractivity contribution in [3.63, 3.8) is 0 Å². The number of aromatic nitrogens is 2. The minimum absolute atomic E-state index is 0.382. The summed E-state index contributed by atoms with van der Waals surface area (Å²) >= 11 is 0. The van der Waals surface area contributed by atoms with Crippen LogP contribution in [0.5, 0.6) is 5.75 Å². The third-order valence-electron chi connectivity index (χ3n) is 3.97. The predicted molar refractivity (Wildman–Crippen MR) is 72.6 cm³/mol. The van der Waals surface area contributed by atoms with E-state index < -0.39 is 0 Å². The zero-order valence-electron chi connectivity index (χ0n) is 11.3. The van der Waals surface area contributed by atoms with E-state index >= 15 is 0 Å². The Morgan fingerprint density at radius 3 is 2.72 bits per heavy atom. The van der Waals surface area contributed by atoms with Gasteiger partial charge in [-0.25, -0.2) is 9.97 Å². The van der Waals surface area contributed by atoms with Gasteiger partial charge in [-0.05, 0) is 31.1 Å². The van der Waals surface area contributed by atoms with Crippen molar-refractivity contribution in [2.24, 2.45) is 11.8 Å². The molecular weight excluding hydrogens is 228 g/mol. The molecule has 1 heterocycles. The summed E-state index contributed by atoms with van der Waals surface area (Å²) in [5.74, 6) is 3.18. The van der Waals surface area contributed by atoms with Crippen molar-refractivity contribution in [2.45, 2.75) is 39.2 Å². The van der Waals surface area contributed by atoms with Crippen LogP contribution >= 0.6 is 0 Å². The topological polar surface area (TPSA) is 73.1 Å². The molecule has 0 aromatic carbocycles. The number of hydrogen-bond acceptors (Lipinski definition) is 5. The van der Waals surface area contributed by atoms with Gasteiger partial charge in [0.25, 0.3) is 0 Å². The first-order chi connectivity index (χ1) is 8.61. The molecule has 100 valence electrons. The molecule has 0 bridgehead atoms. The van der Waals surface area contributed by atoms with Crippen molar-refractivity contribution in [3.8, 4) is 5.75 Å². The molecule has 5 nitrogen and oxygen atoms in total. The second-order valence-electron chi connectivity index (χ2n) is 5.25. The summed E-state index contributed by atoms with van der Waals surface area (Å²) in [6.45, 7) is 4.63. The van der Waals surface area contributed by atoms with Crippen LogP contribution in [0.1, 0.15) is 33.1 Å². The number of nitrogens with two attached hydrogens (primary N) is 1. The minimum atomic E-state index is 0.382. The van der Waals surface area contributed by atoms with Gasteiger partial charge in [0.1, 0.15) is 6.33 Å². The zero-order valence-corrected chi connectivity index (χ0v) is 11.3. The third-order valence-corrected chi connectivity index (χ3v) is 3.97. The number of rotatable bonds is 3. The van der Waals surface area contributed by atoms with Crippen molar-refractivity contribution in [1.82, 2.24) is 9.97 Å². The first kappa shape index (κ1) is 12.9. The van der Waals surface area contributed by atoms with Crippen LogP contribution in [-0.4, -0.2) is 23.1 Å². The first-order valence-corrected chi connectivity index (χ1v) is 6.52. The highest BCUT2D eigenvalue weighted by atomic mass is 16.5. The zero-order chi connectivity index (χ0) is 13.1. The van der Waals surface area contributed by atoms with Gasteiger partial charge in [-0.15, -0.1) is 0 Å². The van der Waals surface area contributed by atoms with Crippen LogP contribution in [0, 0.1) is 11.8 Å². The predicted octanol–water partition coefficient (Wildman–Crippen LogP) is 2.30. The Balaban J connectivity index is 2.08. The van der Waals surface area contributed by atoms with Gasteiger partial charge >= 0.3 is 0 Å². The maximum atomic E-state index is 5.77. The summed E-state index contributed by atoms with van der Waals surface area (Å²) < 4.78 is 5.25. The van der Waals surface area contributed by atoms with Gasteiger partial charge in [0.05, 0.1) is 7.11 Å². The number of hydrogen-bond donors (Lipinski definition) is 2. The van der Waals surface area contributed by atoms with E-state index in [4.69, 9.17) is 10.5 Å². The second kappa shape index (κ2) is 5.42. The standard InChI is InChI=1S/C13H22N4O/c1-8-4-5-10(6-9(8)2)17-13-11(18-3)12(14)15-7-16-13/h7-10H,4-6H2,1-3H3,(H3,14,15,16,17). The van der Waals surface area contributed by atoms with Gasteiger partial charge in [0, 0.05) is 6.04 Å². The molecule has 3 atom stereocenters. The first-order valence-electron chi connectivity index (χ1n) is 6.52. The molecule has 1 aromatic heterocycles. The summed E-state index contributed by atoms with van der Waals surface area (Å²) in [5, 5.41) is 3.44. The molecule has 1 saturated carbocycles. The van der Waals surface area contributed by atoms with Crippen LogP contribution in [0.25, 0.3) is 0 Å². The number of nitrogens with zero attached hydrogens (tertiary/aromatic N) is 2. The molecule has 1 aromatic rings. The summed E-state index contributed by atoms with van der Waals surface area (Å²) in [7, 11) is 1.59. The fourth-order valence-corrected chi connectivity index (χ4v) is 2.56. The Morgan fingerprint density at radius 1 is 1.28 bits per heavy atom. The summed E-state index contributed by atoms with van der Waals surface area (Å²) in [5.41, 5.74) is 5.77. The van der Waals surface area contributed by atoms with Gasteiger partial charge < -0.3 is 15.8 Å². The fourth-order valence-electron chi connectivity index (χ4n) is 2.56. The molecule has 1 aliphatic carbocycles. The van der Waals surface area contributed by atoms with E-state index in [2.05, 4.69) is 29.1 Å². The Hall–Kier alpha value is -1.52. The molecule has 5 heteroatoms. The van der Waals surface area contributed by atoms with Crippen molar-refractivity contribution in [2.75, 3.05) is 18.2 Å². The summed E-state index contributed by atoms with van der Waals surface area (Å²) in [6, 6.07) is 0.444. The largest absolute Gasteiger partial charge is 0.490 e. The maximum absolute atomic E-state index is 5.77. The van der Waals surface area contributed by atoms with E-state index in [9.17, 15) is 0 Å². The third kappa shape index (κ3) is 2.66. The molecule has 18 heavy (non-hydrogen) atoms. The minimum Gasteiger partial charge on any atom is -0.490 e. The van der Waals surface area contributed by atoms with E-state index in [1.54, 1.807) is 7.11 Å². The van der Waals surface area contributed by atoms with E-state index in [-0.39, 0.29) is 0 Å². The van der Waals surface area contributed by atoms with Gasteiger partial charge in [-0.2, -0.15) is 0 Å². The molecule has 1 fully saturated rings. The summed E-state index contributed by atoms with van der Waals surface area (Å²) in [4.78, 5) is 8.15. The average Bonchev–Trinajstić information content (AvgIpc) is 2.34. The highest BCUT2D eigenvalue weighted by Gasteiger charge is 2.25. The van der Waals surface area contributed by atoms with Crippen LogP contribution in [0.4, 0.5) is 11.6 Å². The Bertz CT molecular complexity index is 410. The highest BCUT2D eigenvalue weighted by Crippen LogP contribution is 2.33. The molecule has 1 aliphatic rings. The lowest BCUT2D eigenvalue weighted by molar-refractivity contribution is 0.260. The molecule has 0 amide bonds. The Labute approximate surface area is 108 Å². The lowest BCUT2D eigenvalue weighted by atomic mass is 9.79. The fraction of sp³-hybridized carbons (Fsp3) is 0.692. The van der Waals surface area contributed by atoms with Crippen LogP contribution in [0.15, 0.2) is 6.33 Å². The number of anilines is 2. The van der Waals surface area contributed by atoms with E-state index in [0.717, 1.165) is 18.3 Å². The average molecular weight is 250 g/mol. The van der Waals surface area contributed by atoms with Gasteiger partial charge in [-0.1, -0.05) is 13.8 Å². The number of methoxy groups -OCH3 is 1. The van der Waals surface area contributed by atoms with Crippen LogP contribution in [-0.2, 0) is 0 Å². The van der Waals surface area contributed by atoms with E-state index in [1.807, 2.05) is 0 Å². The monoisotopic (exact) mass is 250 g/mol. The van der Waals surface area contributed by atoms with E-state index in [1.165, 1.54) is 19.2 Å². The number of nitrogens with one attached hydrogen (secondary N) is 1. The van der Waals surface area contributed by atoms with Crippen molar-refractivity contribution in [3.05, 3.63) is 6.33 Å². The Kier molecular flexibility index (Phi) is 3.89. The number of nitrogen functional groups attached to an aromatic ring is 1. The van der Waals surface area contributed by atoms with Gasteiger partial charge in [0.2, 0.25) is 5.75 Å². The molecule has 3 N–H and O–H groups in total. The van der Waals surface area contributed by atoms with Gasteiger partial charge in [-0.3, -0.25) is 0 Å². The second-order valence-corrected chi connectivity index (χ2v) is 5.25. The quantitative estimate of drug-likeness (QED) is 0.861. The smallest absolute Gasteiger partial charge is 0.203 e. The lowest BCUT2D eigenvalue weighted by Crippen LogP contribution is -2.30. The molecule has 0 radical (unpaired) electrons. The van der Waals surface area contributed by atoms with Crippen LogP contribution < -0.4 is 15.8 Å². The molecule has 0 spiro atoms. The van der Waals surface area contributed by atoms with E-state index in [0.29, 0.717) is 23.4 Å².